The molecule has 0 aliphatic heterocycles. The lowest BCUT2D eigenvalue weighted by Gasteiger charge is -2.11. The molecule has 1 N–H and O–H groups in total. The molecule has 0 radical (unpaired) electrons. The lowest BCUT2D eigenvalue weighted by atomic mass is 10.2. The van der Waals surface area contributed by atoms with Crippen molar-refractivity contribution in [2.75, 3.05) is 11.9 Å². The van der Waals surface area contributed by atoms with Crippen LogP contribution in [0.15, 0.2) is 42.6 Å². The minimum Gasteiger partial charge on any atom is -0.490 e. The number of halogens is 1. The van der Waals surface area contributed by atoms with Crippen LogP contribution in [0.5, 0.6) is 5.75 Å². The Kier molecular flexibility index (Phi) is 5.04. The van der Waals surface area contributed by atoms with Crippen molar-refractivity contribution < 1.29 is 4.74 Å². The van der Waals surface area contributed by atoms with E-state index in [1.165, 1.54) is 0 Å². The number of aromatic nitrogens is 1. The lowest BCUT2D eigenvalue weighted by molar-refractivity contribution is 0.318. The third kappa shape index (κ3) is 4.14. The highest BCUT2D eigenvalue weighted by Gasteiger charge is 2.03. The first-order chi connectivity index (χ1) is 9.29. The lowest BCUT2D eigenvalue weighted by Crippen LogP contribution is -2.05. The smallest absolute Gasteiger partial charge is 0.169 e. The first-order valence-electron chi connectivity index (χ1n) is 6.35. The van der Waals surface area contributed by atoms with Crippen LogP contribution in [0.1, 0.15) is 18.9 Å². The monoisotopic (exact) mass is 276 g/mol. The van der Waals surface area contributed by atoms with Gasteiger partial charge in [-0.25, -0.2) is 4.98 Å². The zero-order chi connectivity index (χ0) is 13.5. The maximum absolute atomic E-state index is 5.86. The van der Waals surface area contributed by atoms with Gasteiger partial charge in [-0.05, 0) is 36.2 Å². The number of anilines is 1. The summed E-state index contributed by atoms with van der Waals surface area (Å²) in [5.74, 6) is 1.56. The van der Waals surface area contributed by atoms with Crippen LogP contribution in [0.25, 0.3) is 0 Å². The van der Waals surface area contributed by atoms with Gasteiger partial charge in [-0.15, -0.1) is 0 Å². The van der Waals surface area contributed by atoms with Crippen LogP contribution >= 0.6 is 11.6 Å². The summed E-state index contributed by atoms with van der Waals surface area (Å²) in [5.41, 5.74) is 1.15. The van der Waals surface area contributed by atoms with Gasteiger partial charge in [0.2, 0.25) is 0 Å². The molecule has 0 fully saturated rings. The summed E-state index contributed by atoms with van der Waals surface area (Å²) < 4.78 is 5.65. The second-order valence-electron chi connectivity index (χ2n) is 4.18. The number of ether oxygens (including phenoxy) is 1. The standard InChI is InChI=1S/C15H17ClN2O/c1-2-10-19-14-4-3-9-17-15(14)18-11-12-5-7-13(16)8-6-12/h3-9H,2,10-11H2,1H3,(H,17,18). The van der Waals surface area contributed by atoms with E-state index in [0.29, 0.717) is 13.2 Å². The van der Waals surface area contributed by atoms with Gasteiger partial charge in [-0.3, -0.25) is 0 Å². The van der Waals surface area contributed by atoms with E-state index >= 15 is 0 Å². The molecule has 1 aromatic heterocycles. The third-order valence-corrected chi connectivity index (χ3v) is 2.86. The van der Waals surface area contributed by atoms with Crippen molar-refractivity contribution in [2.45, 2.75) is 19.9 Å². The first kappa shape index (κ1) is 13.7. The van der Waals surface area contributed by atoms with E-state index in [2.05, 4.69) is 17.2 Å². The number of benzene rings is 1. The minimum atomic E-state index is 0.691. The summed E-state index contributed by atoms with van der Waals surface area (Å²) >= 11 is 5.86. The topological polar surface area (TPSA) is 34.1 Å². The van der Waals surface area contributed by atoms with Crippen LogP contribution in [0.3, 0.4) is 0 Å². The second kappa shape index (κ2) is 7.00. The van der Waals surface area contributed by atoms with Gasteiger partial charge in [0.25, 0.3) is 0 Å². The minimum absolute atomic E-state index is 0.691. The van der Waals surface area contributed by atoms with Gasteiger partial charge < -0.3 is 10.1 Å². The van der Waals surface area contributed by atoms with Crippen molar-refractivity contribution >= 4 is 17.4 Å². The average Bonchev–Trinajstić information content (AvgIpc) is 2.45. The average molecular weight is 277 g/mol. The maximum atomic E-state index is 5.86. The summed E-state index contributed by atoms with van der Waals surface area (Å²) in [6.45, 7) is 3.47. The van der Waals surface area contributed by atoms with Crippen LogP contribution in [0.4, 0.5) is 5.82 Å². The molecule has 2 aromatic rings. The van der Waals surface area contributed by atoms with Crippen molar-refractivity contribution in [1.82, 2.24) is 4.98 Å². The van der Waals surface area contributed by atoms with Gasteiger partial charge in [-0.2, -0.15) is 0 Å². The zero-order valence-electron chi connectivity index (χ0n) is 10.9. The SMILES string of the molecule is CCCOc1cccnc1NCc1ccc(Cl)cc1. The van der Waals surface area contributed by atoms with E-state index in [1.807, 2.05) is 36.4 Å². The second-order valence-corrected chi connectivity index (χ2v) is 4.62. The van der Waals surface area contributed by atoms with Crippen LogP contribution in [0, 0.1) is 0 Å². The molecule has 0 unspecified atom stereocenters. The van der Waals surface area contributed by atoms with Crippen molar-refractivity contribution in [1.29, 1.82) is 0 Å². The number of hydrogen-bond donors (Lipinski definition) is 1. The van der Waals surface area contributed by atoms with Gasteiger partial charge in [0.15, 0.2) is 11.6 Å². The highest BCUT2D eigenvalue weighted by atomic mass is 35.5. The molecule has 1 aromatic carbocycles. The summed E-state index contributed by atoms with van der Waals surface area (Å²) in [6, 6.07) is 11.5. The van der Waals surface area contributed by atoms with Crippen LogP contribution < -0.4 is 10.1 Å². The predicted molar refractivity (Wildman–Crippen MR) is 78.8 cm³/mol. The molecule has 0 spiro atoms. The van der Waals surface area contributed by atoms with Crippen molar-refractivity contribution in [3.63, 3.8) is 0 Å². The van der Waals surface area contributed by atoms with E-state index in [4.69, 9.17) is 16.3 Å². The van der Waals surface area contributed by atoms with E-state index in [9.17, 15) is 0 Å². The van der Waals surface area contributed by atoms with Crippen LogP contribution in [0.2, 0.25) is 5.02 Å². The molecule has 0 aliphatic rings. The van der Waals surface area contributed by atoms with Gasteiger partial charge in [-0.1, -0.05) is 30.7 Å². The van der Waals surface area contributed by atoms with Gasteiger partial charge in [0.1, 0.15) is 0 Å². The van der Waals surface area contributed by atoms with Crippen LogP contribution in [-0.2, 0) is 6.54 Å². The molecular weight excluding hydrogens is 260 g/mol. The fourth-order valence-corrected chi connectivity index (χ4v) is 1.77. The van der Waals surface area contributed by atoms with Crippen LogP contribution in [-0.4, -0.2) is 11.6 Å². The fourth-order valence-electron chi connectivity index (χ4n) is 1.64. The largest absolute Gasteiger partial charge is 0.490 e. The molecular formula is C15H17ClN2O. The summed E-state index contributed by atoms with van der Waals surface area (Å²) in [4.78, 5) is 4.30. The number of nitrogens with zero attached hydrogens (tertiary/aromatic N) is 1. The molecule has 1 heterocycles. The molecule has 0 aliphatic carbocycles. The number of rotatable bonds is 6. The molecule has 3 nitrogen and oxygen atoms in total. The molecule has 0 atom stereocenters. The Hall–Kier alpha value is -1.74. The third-order valence-electron chi connectivity index (χ3n) is 2.61. The summed E-state index contributed by atoms with van der Waals surface area (Å²) in [6.07, 6.45) is 2.73. The molecule has 0 saturated heterocycles. The number of nitrogens with one attached hydrogen (secondary N) is 1. The summed E-state index contributed by atoms with van der Waals surface area (Å²) in [7, 11) is 0. The Labute approximate surface area is 118 Å². The number of pyridine rings is 1. The Bertz CT molecular complexity index is 514. The highest BCUT2D eigenvalue weighted by molar-refractivity contribution is 6.30. The molecule has 19 heavy (non-hydrogen) atoms. The first-order valence-corrected chi connectivity index (χ1v) is 6.73. The fraction of sp³-hybridized carbons (Fsp3) is 0.267. The quantitative estimate of drug-likeness (QED) is 0.861. The van der Waals surface area contributed by atoms with Crippen molar-refractivity contribution in [2.24, 2.45) is 0 Å². The Morgan fingerprint density at radius 2 is 2.00 bits per heavy atom. The van der Waals surface area contributed by atoms with E-state index in [-0.39, 0.29) is 0 Å². The van der Waals surface area contributed by atoms with E-state index < -0.39 is 0 Å². The molecule has 4 heteroatoms. The van der Waals surface area contributed by atoms with Gasteiger partial charge in [0.05, 0.1) is 6.61 Å². The normalized spacial score (nSPS) is 10.2. The zero-order valence-corrected chi connectivity index (χ0v) is 11.7. The summed E-state index contributed by atoms with van der Waals surface area (Å²) in [5, 5.41) is 4.02. The maximum Gasteiger partial charge on any atom is 0.169 e. The van der Waals surface area contributed by atoms with Crippen molar-refractivity contribution in [3.05, 3.63) is 53.2 Å². The Morgan fingerprint density at radius 1 is 1.21 bits per heavy atom. The molecule has 0 amide bonds. The van der Waals surface area contributed by atoms with Gasteiger partial charge >= 0.3 is 0 Å². The highest BCUT2D eigenvalue weighted by Crippen LogP contribution is 2.21. The molecule has 2 rings (SSSR count). The molecule has 100 valence electrons. The number of hydrogen-bond acceptors (Lipinski definition) is 3. The molecule has 0 bridgehead atoms. The predicted octanol–water partition coefficient (Wildman–Crippen LogP) is 4.14. The Morgan fingerprint density at radius 3 is 2.74 bits per heavy atom. The molecule has 0 saturated carbocycles. The van der Waals surface area contributed by atoms with E-state index in [0.717, 1.165) is 28.6 Å². The van der Waals surface area contributed by atoms with Gasteiger partial charge in [0, 0.05) is 17.8 Å². The Balaban J connectivity index is 2.00. The van der Waals surface area contributed by atoms with Crippen molar-refractivity contribution in [3.8, 4) is 5.75 Å². The van der Waals surface area contributed by atoms with E-state index in [1.54, 1.807) is 6.20 Å².